The van der Waals surface area contributed by atoms with Gasteiger partial charge in [-0.25, -0.2) is 4.39 Å². The van der Waals surface area contributed by atoms with E-state index in [9.17, 15) is 9.18 Å². The van der Waals surface area contributed by atoms with Crippen molar-refractivity contribution in [1.29, 1.82) is 0 Å². The molecule has 0 aliphatic rings. The zero-order chi connectivity index (χ0) is 12.4. The summed E-state index contributed by atoms with van der Waals surface area (Å²) in [6.45, 7) is 1.65. The Balaban J connectivity index is 2.15. The smallest absolute Gasteiger partial charge is 0.291 e. The van der Waals surface area contributed by atoms with Gasteiger partial charge in [-0.2, -0.15) is 0 Å². The van der Waals surface area contributed by atoms with Crippen molar-refractivity contribution in [1.82, 2.24) is 0 Å². The van der Waals surface area contributed by atoms with Gasteiger partial charge in [-0.3, -0.25) is 4.79 Å². The Morgan fingerprint density at radius 2 is 2.12 bits per heavy atom. The molecule has 0 radical (unpaired) electrons. The highest BCUT2D eigenvalue weighted by Crippen LogP contribution is 2.17. The van der Waals surface area contributed by atoms with Crippen LogP contribution in [0, 0.1) is 12.7 Å². The van der Waals surface area contributed by atoms with Gasteiger partial charge in [-0.15, -0.1) is 0 Å². The summed E-state index contributed by atoms with van der Waals surface area (Å²) in [7, 11) is 0. The molecule has 1 aromatic heterocycles. The second-order valence-corrected chi connectivity index (χ2v) is 3.89. The minimum absolute atomic E-state index is 0.0796. The summed E-state index contributed by atoms with van der Waals surface area (Å²) in [6, 6.07) is 7.35. The average molecular weight is 254 g/mol. The van der Waals surface area contributed by atoms with Gasteiger partial charge < -0.3 is 9.73 Å². The Bertz CT molecular complexity index is 565. The van der Waals surface area contributed by atoms with Crippen molar-refractivity contribution in [2.45, 2.75) is 6.92 Å². The number of anilines is 1. The summed E-state index contributed by atoms with van der Waals surface area (Å²) in [5.74, 6) is -0.767. The van der Waals surface area contributed by atoms with E-state index in [2.05, 4.69) is 5.32 Å². The molecular formula is C12H9ClFNO2. The first-order valence-corrected chi connectivity index (χ1v) is 5.27. The molecule has 17 heavy (non-hydrogen) atoms. The molecule has 1 amide bonds. The Kier molecular flexibility index (Phi) is 3.15. The topological polar surface area (TPSA) is 42.2 Å². The molecule has 1 N–H and O–H groups in total. The van der Waals surface area contributed by atoms with E-state index in [1.807, 2.05) is 0 Å². The Hall–Kier alpha value is -1.81. The molecule has 0 bridgehead atoms. The van der Waals surface area contributed by atoms with Crippen molar-refractivity contribution in [3.8, 4) is 0 Å². The zero-order valence-electron chi connectivity index (χ0n) is 8.96. The van der Waals surface area contributed by atoms with Crippen molar-refractivity contribution in [3.05, 3.63) is 52.7 Å². The van der Waals surface area contributed by atoms with Crippen LogP contribution in [0.15, 0.2) is 34.7 Å². The third kappa shape index (κ3) is 2.65. The van der Waals surface area contributed by atoms with Crippen molar-refractivity contribution >= 4 is 23.2 Å². The van der Waals surface area contributed by atoms with E-state index in [4.69, 9.17) is 16.0 Å². The standard InChI is InChI=1S/C12H9ClFNO2/c1-7-2-3-8(6-9(7)14)15-12(16)10-4-5-11(13)17-10/h2-6H,1H3,(H,15,16). The van der Waals surface area contributed by atoms with Crippen LogP contribution < -0.4 is 5.32 Å². The number of amides is 1. The first-order valence-electron chi connectivity index (χ1n) is 4.89. The maximum atomic E-state index is 13.2. The summed E-state index contributed by atoms with van der Waals surface area (Å²) >= 11 is 5.55. The maximum absolute atomic E-state index is 13.2. The fourth-order valence-corrected chi connectivity index (χ4v) is 1.45. The Morgan fingerprint density at radius 3 is 2.71 bits per heavy atom. The largest absolute Gasteiger partial charge is 0.440 e. The summed E-state index contributed by atoms with van der Waals surface area (Å²) in [4.78, 5) is 11.6. The van der Waals surface area contributed by atoms with Gasteiger partial charge in [-0.05, 0) is 48.4 Å². The monoisotopic (exact) mass is 253 g/mol. The quantitative estimate of drug-likeness (QED) is 0.888. The van der Waals surface area contributed by atoms with E-state index in [-0.39, 0.29) is 16.8 Å². The minimum atomic E-state index is -0.472. The van der Waals surface area contributed by atoms with E-state index in [0.717, 1.165) is 0 Å². The van der Waals surface area contributed by atoms with Crippen LogP contribution in [-0.4, -0.2) is 5.91 Å². The number of carbonyl (C=O) groups excluding carboxylic acids is 1. The van der Waals surface area contributed by atoms with E-state index in [1.54, 1.807) is 19.1 Å². The van der Waals surface area contributed by atoms with Gasteiger partial charge in [0, 0.05) is 5.69 Å². The molecule has 5 heteroatoms. The molecule has 2 aromatic rings. The second-order valence-electron chi connectivity index (χ2n) is 3.52. The lowest BCUT2D eigenvalue weighted by atomic mass is 10.2. The van der Waals surface area contributed by atoms with Crippen LogP contribution in [0.5, 0.6) is 0 Å². The predicted molar refractivity (Wildman–Crippen MR) is 62.8 cm³/mol. The lowest BCUT2D eigenvalue weighted by molar-refractivity contribution is 0.0997. The van der Waals surface area contributed by atoms with Crippen LogP contribution in [0.25, 0.3) is 0 Å². The van der Waals surface area contributed by atoms with Crippen molar-refractivity contribution < 1.29 is 13.6 Å². The summed E-state index contributed by atoms with van der Waals surface area (Å²) < 4.78 is 18.2. The molecule has 0 saturated carbocycles. The lowest BCUT2D eigenvalue weighted by Crippen LogP contribution is -2.11. The number of aryl methyl sites for hydroxylation is 1. The Morgan fingerprint density at radius 1 is 1.35 bits per heavy atom. The number of halogens is 2. The van der Waals surface area contributed by atoms with E-state index >= 15 is 0 Å². The first-order chi connectivity index (χ1) is 8.06. The molecule has 1 aromatic carbocycles. The molecule has 2 rings (SSSR count). The van der Waals surface area contributed by atoms with Crippen LogP contribution in [0.2, 0.25) is 5.22 Å². The van der Waals surface area contributed by atoms with E-state index < -0.39 is 5.91 Å². The molecule has 0 aliphatic heterocycles. The van der Waals surface area contributed by atoms with E-state index in [0.29, 0.717) is 11.3 Å². The second kappa shape index (κ2) is 4.59. The number of benzene rings is 1. The van der Waals surface area contributed by atoms with E-state index in [1.165, 1.54) is 18.2 Å². The molecule has 0 fully saturated rings. The van der Waals surface area contributed by atoms with Gasteiger partial charge >= 0.3 is 0 Å². The normalized spacial score (nSPS) is 10.3. The number of nitrogens with one attached hydrogen (secondary N) is 1. The number of hydrogen-bond donors (Lipinski definition) is 1. The summed E-state index contributed by atoms with van der Waals surface area (Å²) in [6.07, 6.45) is 0. The van der Waals surface area contributed by atoms with Gasteiger partial charge in [0.15, 0.2) is 11.0 Å². The van der Waals surface area contributed by atoms with Crippen LogP contribution in [0.1, 0.15) is 16.1 Å². The number of furan rings is 1. The fraction of sp³-hybridized carbons (Fsp3) is 0.0833. The van der Waals surface area contributed by atoms with Crippen molar-refractivity contribution in [3.63, 3.8) is 0 Å². The molecule has 88 valence electrons. The minimum Gasteiger partial charge on any atom is -0.440 e. The van der Waals surface area contributed by atoms with Crippen LogP contribution in [0.3, 0.4) is 0 Å². The molecule has 0 atom stereocenters. The molecular weight excluding hydrogens is 245 g/mol. The molecule has 0 spiro atoms. The summed E-state index contributed by atoms with van der Waals surface area (Å²) in [5, 5.41) is 2.64. The highest BCUT2D eigenvalue weighted by molar-refractivity contribution is 6.29. The highest BCUT2D eigenvalue weighted by Gasteiger charge is 2.11. The molecule has 1 heterocycles. The van der Waals surface area contributed by atoms with Gasteiger partial charge in [-0.1, -0.05) is 6.07 Å². The van der Waals surface area contributed by atoms with Gasteiger partial charge in [0.25, 0.3) is 5.91 Å². The highest BCUT2D eigenvalue weighted by atomic mass is 35.5. The average Bonchev–Trinajstić information content (AvgIpc) is 2.70. The molecule has 0 unspecified atom stereocenters. The van der Waals surface area contributed by atoms with Crippen molar-refractivity contribution in [2.24, 2.45) is 0 Å². The number of carbonyl (C=O) groups is 1. The molecule has 0 aliphatic carbocycles. The van der Waals surface area contributed by atoms with Gasteiger partial charge in [0.05, 0.1) is 0 Å². The molecule has 0 saturated heterocycles. The fourth-order valence-electron chi connectivity index (χ4n) is 1.30. The number of hydrogen-bond acceptors (Lipinski definition) is 2. The lowest BCUT2D eigenvalue weighted by Gasteiger charge is -2.04. The van der Waals surface area contributed by atoms with Crippen molar-refractivity contribution in [2.75, 3.05) is 5.32 Å². The van der Waals surface area contributed by atoms with Gasteiger partial charge in [0.1, 0.15) is 5.82 Å². The van der Waals surface area contributed by atoms with Gasteiger partial charge in [0.2, 0.25) is 0 Å². The molecule has 3 nitrogen and oxygen atoms in total. The number of rotatable bonds is 2. The third-order valence-corrected chi connectivity index (χ3v) is 2.43. The van der Waals surface area contributed by atoms with Crippen LogP contribution >= 0.6 is 11.6 Å². The zero-order valence-corrected chi connectivity index (χ0v) is 9.72. The maximum Gasteiger partial charge on any atom is 0.291 e. The summed E-state index contributed by atoms with van der Waals surface area (Å²) in [5.41, 5.74) is 0.884. The van der Waals surface area contributed by atoms with Crippen LogP contribution in [-0.2, 0) is 0 Å². The Labute approximate surface area is 102 Å². The van der Waals surface area contributed by atoms with Crippen LogP contribution in [0.4, 0.5) is 10.1 Å². The predicted octanol–water partition coefficient (Wildman–Crippen LogP) is 3.63. The SMILES string of the molecule is Cc1ccc(NC(=O)c2ccc(Cl)o2)cc1F. The third-order valence-electron chi connectivity index (χ3n) is 2.23. The first kappa shape index (κ1) is 11.7.